The molecule has 0 atom stereocenters. The second-order valence-corrected chi connectivity index (χ2v) is 6.37. The van der Waals surface area contributed by atoms with E-state index in [0.29, 0.717) is 11.1 Å². The Hall–Kier alpha value is -2.98. The first-order valence-electron chi connectivity index (χ1n) is 7.89. The maximum atomic E-state index is 13.4. The summed E-state index contributed by atoms with van der Waals surface area (Å²) in [4.78, 5) is 13.5. The largest absolute Gasteiger partial charge is 0.417 e. The Morgan fingerprint density at radius 2 is 1.67 bits per heavy atom. The third-order valence-corrected chi connectivity index (χ3v) is 4.36. The first-order valence-corrected chi connectivity index (χ1v) is 8.34. The van der Waals surface area contributed by atoms with Crippen LogP contribution in [0.25, 0.3) is 11.3 Å². The van der Waals surface area contributed by atoms with Crippen LogP contribution >= 0.6 is 12.6 Å². The highest BCUT2D eigenvalue weighted by Gasteiger charge is 2.36. The van der Waals surface area contributed by atoms with Gasteiger partial charge in [0, 0.05) is 4.90 Å². The number of aromatic nitrogens is 1. The lowest BCUT2D eigenvalue weighted by molar-refractivity contribution is -0.137. The van der Waals surface area contributed by atoms with Gasteiger partial charge in [0.05, 0.1) is 17.8 Å². The van der Waals surface area contributed by atoms with E-state index in [1.807, 2.05) is 0 Å². The van der Waals surface area contributed by atoms with E-state index in [9.17, 15) is 23.2 Å². The van der Waals surface area contributed by atoms with Crippen LogP contribution < -0.4 is 5.56 Å². The van der Waals surface area contributed by atoms with Crippen LogP contribution in [0, 0.1) is 11.3 Å². The van der Waals surface area contributed by atoms with E-state index in [1.54, 1.807) is 54.6 Å². The van der Waals surface area contributed by atoms with Crippen LogP contribution in [-0.2, 0) is 12.7 Å². The van der Waals surface area contributed by atoms with Crippen molar-refractivity contribution in [2.45, 2.75) is 17.6 Å². The average molecular weight is 386 g/mol. The van der Waals surface area contributed by atoms with Crippen molar-refractivity contribution < 1.29 is 13.2 Å². The summed E-state index contributed by atoms with van der Waals surface area (Å²) in [5.41, 5.74) is -1.85. The summed E-state index contributed by atoms with van der Waals surface area (Å²) in [7, 11) is 0. The highest BCUT2D eigenvalue weighted by molar-refractivity contribution is 7.80. The van der Waals surface area contributed by atoms with Gasteiger partial charge in [0.15, 0.2) is 0 Å². The molecule has 3 nitrogen and oxygen atoms in total. The summed E-state index contributed by atoms with van der Waals surface area (Å²) in [5.74, 6) is 0. The zero-order valence-corrected chi connectivity index (χ0v) is 14.8. The van der Waals surface area contributed by atoms with Gasteiger partial charge in [0.2, 0.25) is 0 Å². The average Bonchev–Trinajstić information content (AvgIpc) is 2.64. The molecule has 0 radical (unpaired) electrons. The van der Waals surface area contributed by atoms with Gasteiger partial charge < -0.3 is 4.57 Å². The summed E-state index contributed by atoms with van der Waals surface area (Å²) in [6.45, 7) is 0.0317. The van der Waals surface area contributed by atoms with Crippen LogP contribution in [0.5, 0.6) is 0 Å². The molecule has 7 heteroatoms. The van der Waals surface area contributed by atoms with Gasteiger partial charge in [-0.3, -0.25) is 4.79 Å². The monoisotopic (exact) mass is 386 g/mol. The number of pyridine rings is 1. The number of nitriles is 1. The first kappa shape index (κ1) is 18.8. The van der Waals surface area contributed by atoms with Gasteiger partial charge >= 0.3 is 6.18 Å². The summed E-state index contributed by atoms with van der Waals surface area (Å²) in [6.07, 6.45) is -4.81. The van der Waals surface area contributed by atoms with Crippen LogP contribution in [0.1, 0.15) is 16.7 Å². The Morgan fingerprint density at radius 3 is 2.22 bits per heavy atom. The Kier molecular flexibility index (Phi) is 5.10. The van der Waals surface area contributed by atoms with Crippen molar-refractivity contribution in [1.29, 1.82) is 5.26 Å². The molecule has 0 spiro atoms. The molecule has 0 unspecified atom stereocenters. The fourth-order valence-electron chi connectivity index (χ4n) is 2.77. The number of alkyl halides is 3. The molecule has 0 aliphatic rings. The molecule has 0 fully saturated rings. The predicted molar refractivity (Wildman–Crippen MR) is 98.7 cm³/mol. The van der Waals surface area contributed by atoms with Crippen LogP contribution in [0.2, 0.25) is 0 Å². The van der Waals surface area contributed by atoms with Gasteiger partial charge in [-0.05, 0) is 29.3 Å². The van der Waals surface area contributed by atoms with Gasteiger partial charge in [-0.25, -0.2) is 0 Å². The van der Waals surface area contributed by atoms with Crippen molar-refractivity contribution in [2.75, 3.05) is 0 Å². The van der Waals surface area contributed by atoms with E-state index >= 15 is 0 Å². The Bertz CT molecular complexity index is 1070. The minimum atomic E-state index is -4.81. The summed E-state index contributed by atoms with van der Waals surface area (Å²) >= 11 is 4.20. The lowest BCUT2D eigenvalue weighted by Gasteiger charge is -2.17. The maximum absolute atomic E-state index is 13.4. The number of hydrogen-bond acceptors (Lipinski definition) is 3. The number of benzene rings is 2. The SMILES string of the molecule is N#Cc1c(C(F)(F)F)cc(-c2ccccc2)n(Cc2ccc(S)cc2)c1=O. The summed E-state index contributed by atoms with van der Waals surface area (Å²) in [5, 5.41) is 9.18. The molecule has 0 bridgehead atoms. The predicted octanol–water partition coefficient (Wildman–Crippen LogP) is 4.74. The molecule has 0 amide bonds. The molecule has 0 saturated carbocycles. The zero-order valence-electron chi connectivity index (χ0n) is 13.9. The topological polar surface area (TPSA) is 45.8 Å². The molecule has 2 aromatic carbocycles. The first-order chi connectivity index (χ1) is 12.8. The van der Waals surface area contributed by atoms with Gasteiger partial charge in [-0.2, -0.15) is 18.4 Å². The van der Waals surface area contributed by atoms with Crippen molar-refractivity contribution in [3.63, 3.8) is 0 Å². The van der Waals surface area contributed by atoms with E-state index in [4.69, 9.17) is 0 Å². The lowest BCUT2D eigenvalue weighted by Crippen LogP contribution is -2.28. The van der Waals surface area contributed by atoms with E-state index in [0.717, 1.165) is 11.0 Å². The molecule has 3 aromatic rings. The Balaban J connectivity index is 2.28. The molecule has 1 aromatic heterocycles. The minimum Gasteiger partial charge on any atom is -0.303 e. The van der Waals surface area contributed by atoms with Crippen LogP contribution in [0.3, 0.4) is 0 Å². The molecule has 0 N–H and O–H groups in total. The Morgan fingerprint density at radius 1 is 1.04 bits per heavy atom. The van der Waals surface area contributed by atoms with E-state index in [-0.39, 0.29) is 12.2 Å². The maximum Gasteiger partial charge on any atom is 0.417 e. The second-order valence-electron chi connectivity index (χ2n) is 5.85. The van der Waals surface area contributed by atoms with Crippen molar-refractivity contribution >= 4 is 12.6 Å². The van der Waals surface area contributed by atoms with Crippen molar-refractivity contribution in [1.82, 2.24) is 4.57 Å². The molecule has 0 saturated heterocycles. The fraction of sp³-hybridized carbons (Fsp3) is 0.100. The number of halogens is 3. The van der Waals surface area contributed by atoms with E-state index < -0.39 is 22.9 Å². The van der Waals surface area contributed by atoms with Gasteiger partial charge in [-0.1, -0.05) is 42.5 Å². The van der Waals surface area contributed by atoms with Gasteiger partial charge in [-0.15, -0.1) is 12.6 Å². The molecule has 0 aliphatic carbocycles. The molecular weight excluding hydrogens is 373 g/mol. The molecule has 0 aliphatic heterocycles. The third kappa shape index (κ3) is 3.91. The highest BCUT2D eigenvalue weighted by Crippen LogP contribution is 2.33. The zero-order chi connectivity index (χ0) is 19.6. The lowest BCUT2D eigenvalue weighted by atomic mass is 10.0. The number of nitrogens with zero attached hydrogens (tertiary/aromatic N) is 2. The van der Waals surface area contributed by atoms with E-state index in [2.05, 4.69) is 12.6 Å². The second kappa shape index (κ2) is 7.33. The third-order valence-electron chi connectivity index (χ3n) is 4.06. The number of rotatable bonds is 3. The summed E-state index contributed by atoms with van der Waals surface area (Å²) in [6, 6.07) is 17.5. The van der Waals surface area contributed by atoms with Gasteiger partial charge in [0.1, 0.15) is 11.6 Å². The van der Waals surface area contributed by atoms with Crippen LogP contribution in [0.4, 0.5) is 13.2 Å². The quantitative estimate of drug-likeness (QED) is 0.661. The number of thiol groups is 1. The standard InChI is InChI=1S/C20H13F3N2OS/c21-20(22,23)17-10-18(14-4-2-1-3-5-14)25(19(26)16(17)11-24)12-13-6-8-15(27)9-7-13/h1-10,27H,12H2. The van der Waals surface area contributed by atoms with Crippen molar-refractivity contribution in [3.05, 3.63) is 87.7 Å². The smallest absolute Gasteiger partial charge is 0.303 e. The molecule has 1 heterocycles. The van der Waals surface area contributed by atoms with Crippen LogP contribution in [-0.4, -0.2) is 4.57 Å². The molecule has 136 valence electrons. The van der Waals surface area contributed by atoms with Crippen molar-refractivity contribution in [2.24, 2.45) is 0 Å². The Labute approximate surface area is 158 Å². The van der Waals surface area contributed by atoms with Gasteiger partial charge in [0.25, 0.3) is 5.56 Å². The molecule has 3 rings (SSSR count). The minimum absolute atomic E-state index is 0.0317. The van der Waals surface area contributed by atoms with E-state index in [1.165, 1.54) is 10.6 Å². The molecular formula is C20H13F3N2OS. The molecule has 27 heavy (non-hydrogen) atoms. The fourth-order valence-corrected chi connectivity index (χ4v) is 2.92. The number of hydrogen-bond donors (Lipinski definition) is 1. The normalized spacial score (nSPS) is 11.2. The van der Waals surface area contributed by atoms with Crippen LogP contribution in [0.15, 0.2) is 70.4 Å². The highest BCUT2D eigenvalue weighted by atomic mass is 32.1. The van der Waals surface area contributed by atoms with Crippen molar-refractivity contribution in [3.8, 4) is 17.3 Å². The summed E-state index contributed by atoms with van der Waals surface area (Å²) < 4.78 is 41.4.